The topological polar surface area (TPSA) is 73.6 Å². The minimum absolute atomic E-state index is 0.0270. The Labute approximate surface area is 146 Å². The molecular weight excluding hydrogens is 324 g/mol. The number of H-pyrrole nitrogens is 1. The third kappa shape index (κ3) is 3.73. The molecule has 0 spiro atoms. The average molecular weight is 346 g/mol. The third-order valence-corrected chi connectivity index (χ3v) is 4.19. The zero-order chi connectivity index (χ0) is 17.9. The van der Waals surface area contributed by atoms with Crippen molar-refractivity contribution < 1.29 is 5.11 Å². The number of aromatic nitrogens is 2. The van der Waals surface area contributed by atoms with Crippen LogP contribution in [0.25, 0.3) is 0 Å². The fourth-order valence-corrected chi connectivity index (χ4v) is 2.60. The van der Waals surface area contributed by atoms with Crippen molar-refractivity contribution in [2.75, 3.05) is 19.0 Å². The van der Waals surface area contributed by atoms with E-state index >= 15 is 0 Å². The molecule has 0 radical (unpaired) electrons. The highest BCUT2D eigenvalue weighted by molar-refractivity contribution is 7.71. The molecule has 0 saturated carbocycles. The summed E-state index contributed by atoms with van der Waals surface area (Å²) in [5.74, 6) is -0.160. The van der Waals surface area contributed by atoms with Crippen LogP contribution >= 0.6 is 12.2 Å². The summed E-state index contributed by atoms with van der Waals surface area (Å²) >= 11 is 5.14. The number of anilines is 1. The molecule has 2 N–H and O–H groups in total. The number of nitrogens with zero attached hydrogens (tertiary/aromatic N) is 3. The first-order chi connectivity index (χ1) is 11.3. The van der Waals surface area contributed by atoms with Gasteiger partial charge >= 0.3 is 0 Å². The fraction of sp³-hybridized carbons (Fsp3) is 0.353. The second-order valence-electron chi connectivity index (χ2n) is 5.79. The molecule has 2 aromatic rings. The Kier molecular flexibility index (Phi) is 5.56. The first-order valence-electron chi connectivity index (χ1n) is 7.74. The number of aromatic amines is 1. The van der Waals surface area contributed by atoms with Gasteiger partial charge in [-0.1, -0.05) is 6.92 Å². The minimum atomic E-state index is -0.453. The average Bonchev–Trinajstić information content (AvgIpc) is 2.54. The summed E-state index contributed by atoms with van der Waals surface area (Å²) in [7, 11) is 3.92. The van der Waals surface area contributed by atoms with Gasteiger partial charge in [-0.2, -0.15) is 0 Å². The van der Waals surface area contributed by atoms with Gasteiger partial charge in [-0.3, -0.25) is 19.3 Å². The molecule has 1 heterocycles. The smallest absolute Gasteiger partial charge is 0.264 e. The summed E-state index contributed by atoms with van der Waals surface area (Å²) < 4.78 is 1.74. The molecule has 1 aromatic carbocycles. The summed E-state index contributed by atoms with van der Waals surface area (Å²) in [6.07, 6.45) is 2.14. The Morgan fingerprint density at radius 3 is 2.54 bits per heavy atom. The molecule has 1 aromatic heterocycles. The van der Waals surface area contributed by atoms with E-state index in [1.807, 2.05) is 57.1 Å². The maximum absolute atomic E-state index is 12.1. The van der Waals surface area contributed by atoms with Crippen molar-refractivity contribution >= 4 is 29.8 Å². The molecule has 0 bridgehead atoms. The number of aromatic hydroxyl groups is 1. The fourth-order valence-electron chi connectivity index (χ4n) is 2.24. The molecule has 0 aliphatic rings. The van der Waals surface area contributed by atoms with Gasteiger partial charge in [0.2, 0.25) is 5.88 Å². The van der Waals surface area contributed by atoms with E-state index in [4.69, 9.17) is 12.2 Å². The zero-order valence-corrected chi connectivity index (χ0v) is 15.1. The SMILES string of the molecule is CCC(C)n1c(O)c(C=Nc2ccc(N(C)C)cc2)c(=O)[nH]c1=S. The Balaban J connectivity index is 2.42. The van der Waals surface area contributed by atoms with Gasteiger partial charge in [0, 0.05) is 32.0 Å². The molecule has 7 heteroatoms. The molecule has 1 atom stereocenters. The van der Waals surface area contributed by atoms with Crippen LogP contribution < -0.4 is 10.5 Å². The van der Waals surface area contributed by atoms with Gasteiger partial charge in [0.25, 0.3) is 5.56 Å². The van der Waals surface area contributed by atoms with Gasteiger partial charge in [0.15, 0.2) is 4.77 Å². The maximum Gasteiger partial charge on any atom is 0.264 e. The lowest BCUT2D eigenvalue weighted by atomic mass is 10.2. The molecular formula is C17H22N4O2S. The molecule has 6 nitrogen and oxygen atoms in total. The van der Waals surface area contributed by atoms with E-state index in [9.17, 15) is 9.90 Å². The summed E-state index contributed by atoms with van der Waals surface area (Å²) in [4.78, 5) is 21.0. The molecule has 1 unspecified atom stereocenters. The van der Waals surface area contributed by atoms with E-state index in [1.54, 1.807) is 0 Å². The number of aliphatic imine (C=N–C) groups is 1. The number of hydrogen-bond donors (Lipinski definition) is 2. The second kappa shape index (κ2) is 7.44. The molecule has 128 valence electrons. The van der Waals surface area contributed by atoms with Crippen LogP contribution in [0, 0.1) is 4.77 Å². The van der Waals surface area contributed by atoms with E-state index in [2.05, 4.69) is 9.98 Å². The van der Waals surface area contributed by atoms with Crippen LogP contribution in [0.4, 0.5) is 11.4 Å². The predicted octanol–water partition coefficient (Wildman–Crippen LogP) is 3.40. The minimum Gasteiger partial charge on any atom is -0.494 e. The van der Waals surface area contributed by atoms with Gasteiger partial charge in [0.1, 0.15) is 5.56 Å². The van der Waals surface area contributed by atoms with Crippen molar-refractivity contribution in [2.45, 2.75) is 26.3 Å². The van der Waals surface area contributed by atoms with Gasteiger partial charge in [-0.25, -0.2) is 0 Å². The quantitative estimate of drug-likeness (QED) is 0.643. The van der Waals surface area contributed by atoms with E-state index in [-0.39, 0.29) is 22.3 Å². The van der Waals surface area contributed by atoms with E-state index in [0.29, 0.717) is 5.69 Å². The van der Waals surface area contributed by atoms with Crippen molar-refractivity contribution in [2.24, 2.45) is 4.99 Å². The molecule has 0 amide bonds. The van der Waals surface area contributed by atoms with Crippen LogP contribution in [-0.2, 0) is 0 Å². The van der Waals surface area contributed by atoms with E-state index in [0.717, 1.165) is 12.1 Å². The highest BCUT2D eigenvalue weighted by Gasteiger charge is 2.14. The second-order valence-corrected chi connectivity index (χ2v) is 6.18. The van der Waals surface area contributed by atoms with E-state index < -0.39 is 5.56 Å². The number of hydrogen-bond acceptors (Lipinski definition) is 5. The molecule has 0 aliphatic carbocycles. The van der Waals surface area contributed by atoms with Crippen molar-refractivity contribution in [3.05, 3.63) is 45.0 Å². The van der Waals surface area contributed by atoms with E-state index in [1.165, 1.54) is 10.8 Å². The largest absolute Gasteiger partial charge is 0.494 e. The standard InChI is InChI=1S/C17H22N4O2S/c1-5-11(2)21-16(23)14(15(22)19-17(21)24)10-18-12-6-8-13(9-7-12)20(3)4/h6-11,23H,5H2,1-4H3,(H,19,22,24). The molecule has 24 heavy (non-hydrogen) atoms. The van der Waals surface area contributed by atoms with Crippen LogP contribution in [0.3, 0.4) is 0 Å². The van der Waals surface area contributed by atoms with Crippen molar-refractivity contribution in [1.29, 1.82) is 0 Å². The molecule has 0 aliphatic heterocycles. The van der Waals surface area contributed by atoms with Crippen LogP contribution in [-0.4, -0.2) is 35.0 Å². The lowest BCUT2D eigenvalue weighted by Crippen LogP contribution is -2.20. The molecule has 0 saturated heterocycles. The first-order valence-corrected chi connectivity index (χ1v) is 8.15. The van der Waals surface area contributed by atoms with Gasteiger partial charge < -0.3 is 10.0 Å². The lowest BCUT2D eigenvalue weighted by molar-refractivity contribution is 0.371. The summed E-state index contributed by atoms with van der Waals surface area (Å²) in [5.41, 5.74) is 1.39. The normalized spacial score (nSPS) is 12.5. The Morgan fingerprint density at radius 1 is 1.38 bits per heavy atom. The Hall–Kier alpha value is -2.41. The molecule has 2 rings (SSSR count). The predicted molar refractivity (Wildman–Crippen MR) is 101 cm³/mol. The number of nitrogens with one attached hydrogen (secondary N) is 1. The highest BCUT2D eigenvalue weighted by atomic mass is 32.1. The number of benzene rings is 1. The molecule has 0 fully saturated rings. The van der Waals surface area contributed by atoms with Gasteiger partial charge in [-0.05, 0) is 49.8 Å². The van der Waals surface area contributed by atoms with Crippen LogP contribution in [0.2, 0.25) is 0 Å². The highest BCUT2D eigenvalue weighted by Crippen LogP contribution is 2.21. The lowest BCUT2D eigenvalue weighted by Gasteiger charge is -2.16. The third-order valence-electron chi connectivity index (χ3n) is 3.89. The number of rotatable bonds is 5. The van der Waals surface area contributed by atoms with Crippen molar-refractivity contribution in [3.8, 4) is 5.88 Å². The Morgan fingerprint density at radius 2 is 2.00 bits per heavy atom. The monoisotopic (exact) mass is 346 g/mol. The first kappa shape index (κ1) is 17.9. The van der Waals surface area contributed by atoms with Gasteiger partial charge in [-0.15, -0.1) is 0 Å². The maximum atomic E-state index is 12.1. The Bertz CT molecular complexity index is 850. The zero-order valence-electron chi connectivity index (χ0n) is 14.3. The summed E-state index contributed by atoms with van der Waals surface area (Å²) in [6, 6.07) is 7.54. The van der Waals surface area contributed by atoms with Crippen LogP contribution in [0.15, 0.2) is 34.1 Å². The summed E-state index contributed by atoms with van der Waals surface area (Å²) in [6.45, 7) is 3.91. The van der Waals surface area contributed by atoms with Crippen LogP contribution in [0.1, 0.15) is 31.9 Å². The van der Waals surface area contributed by atoms with Crippen molar-refractivity contribution in [3.63, 3.8) is 0 Å². The van der Waals surface area contributed by atoms with Crippen LogP contribution in [0.5, 0.6) is 5.88 Å². The summed E-state index contributed by atoms with van der Waals surface area (Å²) in [5, 5.41) is 10.4. The van der Waals surface area contributed by atoms with Gasteiger partial charge in [0.05, 0.1) is 5.69 Å². The van der Waals surface area contributed by atoms with Crippen molar-refractivity contribution in [1.82, 2.24) is 9.55 Å².